The molecule has 0 aliphatic carbocycles. The maximum Gasteiger partial charge on any atom is 0.163 e. The number of pyridine rings is 1. The summed E-state index contributed by atoms with van der Waals surface area (Å²) in [7, 11) is 1.71. The van der Waals surface area contributed by atoms with Crippen molar-refractivity contribution >= 4 is 5.82 Å². The molecule has 2 aromatic heterocycles. The molecule has 2 heterocycles. The number of methoxy groups -OCH3 is 1. The van der Waals surface area contributed by atoms with Gasteiger partial charge in [0.25, 0.3) is 0 Å². The average Bonchev–Trinajstić information content (AvgIpc) is 2.64. The molecule has 0 saturated heterocycles. The van der Waals surface area contributed by atoms with Gasteiger partial charge in [0.05, 0.1) is 6.61 Å². The van der Waals surface area contributed by atoms with Crippen molar-refractivity contribution in [3.05, 3.63) is 71.2 Å². The Morgan fingerprint density at radius 2 is 1.88 bits per heavy atom. The predicted octanol–water partition coefficient (Wildman–Crippen LogP) is 3.91. The maximum atomic E-state index is 5.20. The number of rotatable bonds is 6. The fraction of sp³-hybridized carbons (Fsp3) is 0.250. The van der Waals surface area contributed by atoms with Crippen molar-refractivity contribution in [3.63, 3.8) is 0 Å². The zero-order chi connectivity index (χ0) is 17.6. The number of hydrogen-bond acceptors (Lipinski definition) is 5. The number of aryl methyl sites for hydroxylation is 1. The summed E-state index contributed by atoms with van der Waals surface area (Å²) >= 11 is 0. The number of aromatic nitrogens is 3. The molecule has 3 aromatic rings. The Bertz CT molecular complexity index is 850. The van der Waals surface area contributed by atoms with E-state index in [2.05, 4.69) is 33.5 Å². The summed E-state index contributed by atoms with van der Waals surface area (Å²) in [5, 5.41) is 3.44. The van der Waals surface area contributed by atoms with Gasteiger partial charge >= 0.3 is 0 Å². The van der Waals surface area contributed by atoms with E-state index in [1.807, 2.05) is 32.0 Å². The highest BCUT2D eigenvalue weighted by molar-refractivity contribution is 5.58. The molecule has 1 aromatic carbocycles. The lowest BCUT2D eigenvalue weighted by atomic mass is 10.1. The second kappa shape index (κ2) is 7.85. The molecular formula is C20H22N4O. The average molecular weight is 334 g/mol. The summed E-state index contributed by atoms with van der Waals surface area (Å²) in [4.78, 5) is 13.4. The van der Waals surface area contributed by atoms with E-state index in [9.17, 15) is 0 Å². The van der Waals surface area contributed by atoms with Gasteiger partial charge in [-0.2, -0.15) is 0 Å². The van der Waals surface area contributed by atoms with Crippen molar-refractivity contribution in [2.45, 2.75) is 27.0 Å². The van der Waals surface area contributed by atoms with Gasteiger partial charge in [-0.25, -0.2) is 9.97 Å². The Balaban J connectivity index is 1.82. The second-order valence-electron chi connectivity index (χ2n) is 5.95. The van der Waals surface area contributed by atoms with Crippen molar-refractivity contribution in [2.75, 3.05) is 12.4 Å². The molecule has 0 amide bonds. The zero-order valence-corrected chi connectivity index (χ0v) is 14.8. The SMILES string of the molecule is COCc1cccc(CNc2nc(-c3cccnc3)nc(C)c2C)c1. The smallest absolute Gasteiger partial charge is 0.163 e. The molecule has 0 unspecified atom stereocenters. The Morgan fingerprint density at radius 1 is 1.04 bits per heavy atom. The highest BCUT2D eigenvalue weighted by Gasteiger charge is 2.10. The minimum absolute atomic E-state index is 0.616. The van der Waals surface area contributed by atoms with Gasteiger partial charge < -0.3 is 10.1 Å². The van der Waals surface area contributed by atoms with Crippen LogP contribution < -0.4 is 5.32 Å². The van der Waals surface area contributed by atoms with Crippen molar-refractivity contribution in [1.82, 2.24) is 15.0 Å². The van der Waals surface area contributed by atoms with Crippen LogP contribution in [-0.4, -0.2) is 22.1 Å². The molecule has 25 heavy (non-hydrogen) atoms. The van der Waals surface area contributed by atoms with Crippen molar-refractivity contribution < 1.29 is 4.74 Å². The summed E-state index contributed by atoms with van der Waals surface area (Å²) < 4.78 is 5.20. The summed E-state index contributed by atoms with van der Waals surface area (Å²) in [6.45, 7) is 5.35. The van der Waals surface area contributed by atoms with Crippen LogP contribution in [0.5, 0.6) is 0 Å². The van der Waals surface area contributed by atoms with Gasteiger partial charge in [-0.05, 0) is 37.1 Å². The predicted molar refractivity (Wildman–Crippen MR) is 99.2 cm³/mol. The van der Waals surface area contributed by atoms with E-state index in [0.29, 0.717) is 19.0 Å². The highest BCUT2D eigenvalue weighted by atomic mass is 16.5. The fourth-order valence-electron chi connectivity index (χ4n) is 2.61. The van der Waals surface area contributed by atoms with E-state index in [-0.39, 0.29) is 0 Å². The van der Waals surface area contributed by atoms with Crippen molar-refractivity contribution in [2.24, 2.45) is 0 Å². The Hall–Kier alpha value is -2.79. The molecule has 0 radical (unpaired) electrons. The molecule has 0 aliphatic rings. The molecule has 5 heteroatoms. The molecule has 0 spiro atoms. The topological polar surface area (TPSA) is 59.9 Å². The van der Waals surface area contributed by atoms with E-state index < -0.39 is 0 Å². The molecule has 0 aliphatic heterocycles. The largest absolute Gasteiger partial charge is 0.380 e. The Morgan fingerprint density at radius 3 is 2.64 bits per heavy atom. The lowest BCUT2D eigenvalue weighted by molar-refractivity contribution is 0.185. The van der Waals surface area contributed by atoms with E-state index in [0.717, 1.165) is 28.2 Å². The van der Waals surface area contributed by atoms with Gasteiger partial charge in [0.1, 0.15) is 5.82 Å². The molecular weight excluding hydrogens is 312 g/mol. The first-order valence-corrected chi connectivity index (χ1v) is 8.23. The van der Waals surface area contributed by atoms with E-state index in [1.54, 1.807) is 19.5 Å². The number of anilines is 1. The van der Waals surface area contributed by atoms with Gasteiger partial charge in [0.2, 0.25) is 0 Å². The standard InChI is InChI=1S/C20H22N4O/c1-14-15(2)23-20(18-8-5-9-21-12-18)24-19(14)22-11-16-6-4-7-17(10-16)13-25-3/h4-10,12H,11,13H2,1-3H3,(H,22,23,24). The van der Waals surface area contributed by atoms with Crippen LogP contribution in [-0.2, 0) is 17.9 Å². The normalized spacial score (nSPS) is 10.7. The summed E-state index contributed by atoms with van der Waals surface area (Å²) in [5.41, 5.74) is 5.28. The monoisotopic (exact) mass is 334 g/mol. The first-order valence-electron chi connectivity index (χ1n) is 8.23. The van der Waals surface area contributed by atoms with Gasteiger partial charge in [-0.1, -0.05) is 24.3 Å². The fourth-order valence-corrected chi connectivity index (χ4v) is 2.61. The highest BCUT2D eigenvalue weighted by Crippen LogP contribution is 2.21. The van der Waals surface area contributed by atoms with Gasteiger partial charge in [0.15, 0.2) is 5.82 Å². The lowest BCUT2D eigenvalue weighted by Gasteiger charge is -2.13. The minimum atomic E-state index is 0.616. The van der Waals surface area contributed by atoms with Crippen LogP contribution in [0.25, 0.3) is 11.4 Å². The first-order chi connectivity index (χ1) is 12.2. The lowest BCUT2D eigenvalue weighted by Crippen LogP contribution is -2.07. The Labute approximate surface area is 148 Å². The van der Waals surface area contributed by atoms with Crippen LogP contribution in [0.1, 0.15) is 22.4 Å². The first kappa shape index (κ1) is 17.0. The number of nitrogens with zero attached hydrogens (tertiary/aromatic N) is 3. The van der Waals surface area contributed by atoms with Crippen LogP contribution in [0.3, 0.4) is 0 Å². The molecule has 3 rings (SSSR count). The number of hydrogen-bond donors (Lipinski definition) is 1. The van der Waals surface area contributed by atoms with Crippen molar-refractivity contribution in [3.8, 4) is 11.4 Å². The molecule has 0 saturated carbocycles. The number of benzene rings is 1. The molecule has 1 N–H and O–H groups in total. The van der Waals surface area contributed by atoms with Crippen LogP contribution in [0.2, 0.25) is 0 Å². The van der Waals surface area contributed by atoms with Crippen LogP contribution in [0.15, 0.2) is 48.8 Å². The van der Waals surface area contributed by atoms with Crippen LogP contribution in [0.4, 0.5) is 5.82 Å². The van der Waals surface area contributed by atoms with E-state index in [1.165, 1.54) is 5.56 Å². The van der Waals surface area contributed by atoms with Crippen LogP contribution in [0, 0.1) is 13.8 Å². The summed E-state index contributed by atoms with van der Waals surface area (Å²) in [5.74, 6) is 1.54. The van der Waals surface area contributed by atoms with Gasteiger partial charge in [0, 0.05) is 42.9 Å². The minimum Gasteiger partial charge on any atom is -0.380 e. The number of nitrogens with one attached hydrogen (secondary N) is 1. The van der Waals surface area contributed by atoms with E-state index >= 15 is 0 Å². The third-order valence-corrected chi connectivity index (χ3v) is 4.07. The van der Waals surface area contributed by atoms with Gasteiger partial charge in [-0.15, -0.1) is 0 Å². The van der Waals surface area contributed by atoms with E-state index in [4.69, 9.17) is 9.72 Å². The molecule has 0 atom stereocenters. The molecule has 128 valence electrons. The Kier molecular flexibility index (Phi) is 5.36. The third kappa shape index (κ3) is 4.19. The summed E-state index contributed by atoms with van der Waals surface area (Å²) in [6.07, 6.45) is 3.53. The third-order valence-electron chi connectivity index (χ3n) is 4.07. The quantitative estimate of drug-likeness (QED) is 0.740. The number of ether oxygens (including phenoxy) is 1. The summed E-state index contributed by atoms with van der Waals surface area (Å²) in [6, 6.07) is 12.2. The molecule has 0 bridgehead atoms. The maximum absolute atomic E-state index is 5.20. The molecule has 5 nitrogen and oxygen atoms in total. The van der Waals surface area contributed by atoms with Crippen molar-refractivity contribution in [1.29, 1.82) is 0 Å². The zero-order valence-electron chi connectivity index (χ0n) is 14.8. The second-order valence-corrected chi connectivity index (χ2v) is 5.95. The molecule has 0 fully saturated rings. The van der Waals surface area contributed by atoms with Gasteiger partial charge in [-0.3, -0.25) is 4.98 Å². The van der Waals surface area contributed by atoms with Crippen LogP contribution >= 0.6 is 0 Å².